The molecular formula is C29H32FN3O4. The fourth-order valence-corrected chi connectivity index (χ4v) is 4.33. The van der Waals surface area contributed by atoms with E-state index in [1.165, 1.54) is 12.1 Å². The van der Waals surface area contributed by atoms with Crippen molar-refractivity contribution in [3.05, 3.63) is 87.2 Å². The van der Waals surface area contributed by atoms with Crippen LogP contribution in [-0.4, -0.2) is 39.8 Å². The van der Waals surface area contributed by atoms with Gasteiger partial charge in [0.1, 0.15) is 17.2 Å². The van der Waals surface area contributed by atoms with Gasteiger partial charge in [0.2, 0.25) is 5.56 Å². The van der Waals surface area contributed by atoms with Crippen molar-refractivity contribution >= 4 is 17.0 Å². The second kappa shape index (κ2) is 10.7. The molecule has 194 valence electrons. The molecule has 0 amide bonds. The molecule has 1 N–H and O–H groups in total. The van der Waals surface area contributed by atoms with Crippen LogP contribution in [0.4, 0.5) is 4.39 Å². The molecule has 0 bridgehead atoms. The predicted octanol–water partition coefficient (Wildman–Crippen LogP) is 5.29. The monoisotopic (exact) mass is 505 g/mol. The van der Waals surface area contributed by atoms with Gasteiger partial charge in [-0.2, -0.15) is 0 Å². The van der Waals surface area contributed by atoms with Crippen LogP contribution in [0, 0.1) is 5.82 Å². The zero-order chi connectivity index (χ0) is 26.7. The Morgan fingerprint density at radius 3 is 2.57 bits per heavy atom. The largest absolute Gasteiger partial charge is 0.456 e. The van der Waals surface area contributed by atoms with Gasteiger partial charge >= 0.3 is 5.97 Å². The van der Waals surface area contributed by atoms with Crippen molar-refractivity contribution in [2.45, 2.75) is 52.7 Å². The number of aromatic nitrogens is 3. The highest BCUT2D eigenvalue weighted by Crippen LogP contribution is 2.28. The maximum absolute atomic E-state index is 15.4. The summed E-state index contributed by atoms with van der Waals surface area (Å²) in [5.74, 6) is -0.129. The minimum atomic E-state index is -0.610. The molecule has 0 saturated heterocycles. The zero-order valence-electron chi connectivity index (χ0n) is 21.9. The van der Waals surface area contributed by atoms with Crippen LogP contribution in [0.3, 0.4) is 0 Å². The molecule has 4 rings (SSSR count). The highest BCUT2D eigenvalue weighted by atomic mass is 19.1. The minimum Gasteiger partial charge on any atom is -0.456 e. The number of esters is 1. The van der Waals surface area contributed by atoms with E-state index in [2.05, 4.69) is 4.98 Å². The van der Waals surface area contributed by atoms with Gasteiger partial charge in [-0.25, -0.2) is 14.2 Å². The number of aromatic amines is 1. The minimum absolute atomic E-state index is 0.235. The van der Waals surface area contributed by atoms with E-state index in [-0.39, 0.29) is 17.8 Å². The highest BCUT2D eigenvalue weighted by molar-refractivity contribution is 5.94. The van der Waals surface area contributed by atoms with E-state index < -0.39 is 11.6 Å². The van der Waals surface area contributed by atoms with Crippen molar-refractivity contribution in [3.8, 4) is 11.3 Å². The molecule has 2 heterocycles. The molecule has 4 aromatic rings. The third-order valence-corrected chi connectivity index (χ3v) is 6.04. The summed E-state index contributed by atoms with van der Waals surface area (Å²) in [6.07, 6.45) is 0.920. The number of nitrogens with one attached hydrogen (secondary N) is 1. The predicted molar refractivity (Wildman–Crippen MR) is 141 cm³/mol. The Morgan fingerprint density at radius 2 is 1.89 bits per heavy atom. The Labute approximate surface area is 215 Å². The number of hydrogen-bond acceptors (Lipinski definition) is 5. The maximum Gasteiger partial charge on any atom is 0.338 e. The molecule has 0 atom stereocenters. The van der Waals surface area contributed by atoms with E-state index in [1.54, 1.807) is 37.4 Å². The normalized spacial score (nSPS) is 11.7. The van der Waals surface area contributed by atoms with E-state index in [0.717, 1.165) is 11.1 Å². The van der Waals surface area contributed by atoms with Crippen molar-refractivity contribution in [3.63, 3.8) is 0 Å². The first-order valence-electron chi connectivity index (χ1n) is 12.3. The Hall–Kier alpha value is -3.78. The lowest BCUT2D eigenvalue weighted by molar-refractivity contribution is 0.00696. The van der Waals surface area contributed by atoms with Crippen molar-refractivity contribution < 1.29 is 18.7 Å². The molecule has 0 aliphatic heterocycles. The van der Waals surface area contributed by atoms with E-state index in [0.29, 0.717) is 53.3 Å². The maximum atomic E-state index is 15.4. The Morgan fingerprint density at radius 1 is 1.11 bits per heavy atom. The molecular weight excluding hydrogens is 473 g/mol. The summed E-state index contributed by atoms with van der Waals surface area (Å²) in [4.78, 5) is 32.0. The van der Waals surface area contributed by atoms with Gasteiger partial charge in [-0.1, -0.05) is 19.1 Å². The fourth-order valence-electron chi connectivity index (χ4n) is 4.33. The second-order valence-corrected chi connectivity index (χ2v) is 9.94. The summed E-state index contributed by atoms with van der Waals surface area (Å²) in [7, 11) is 1.62. The van der Waals surface area contributed by atoms with Crippen LogP contribution in [0.5, 0.6) is 0 Å². The van der Waals surface area contributed by atoms with Crippen molar-refractivity contribution in [1.82, 2.24) is 14.5 Å². The molecule has 0 radical (unpaired) electrons. The number of carbonyl (C=O) groups is 1. The standard InChI is InChI=1S/C29H32FN3O4/c1-6-18-14-20(22(30)17-21(18)23-8-7-9-27(34)32-23)16-26-31-24-11-10-19(28(35)37-29(2,3)4)15-25(24)33(26)12-13-36-5/h7-11,14-15,17H,6,12-13,16H2,1-5H3,(H,32,34). The number of halogens is 1. The van der Waals surface area contributed by atoms with Crippen LogP contribution in [0.25, 0.3) is 22.3 Å². The molecule has 0 fully saturated rings. The van der Waals surface area contributed by atoms with Crippen LogP contribution in [0.2, 0.25) is 0 Å². The van der Waals surface area contributed by atoms with E-state index in [4.69, 9.17) is 14.5 Å². The van der Waals surface area contributed by atoms with Gasteiger partial charge in [0.05, 0.1) is 23.2 Å². The van der Waals surface area contributed by atoms with Crippen LogP contribution in [0.1, 0.15) is 55.0 Å². The molecule has 0 saturated carbocycles. The van der Waals surface area contributed by atoms with Gasteiger partial charge in [0.25, 0.3) is 0 Å². The second-order valence-electron chi connectivity index (χ2n) is 9.94. The molecule has 7 nitrogen and oxygen atoms in total. The molecule has 0 aliphatic rings. The summed E-state index contributed by atoms with van der Waals surface area (Å²) >= 11 is 0. The quantitative estimate of drug-likeness (QED) is 0.329. The van der Waals surface area contributed by atoms with E-state index in [9.17, 15) is 9.59 Å². The molecule has 2 aromatic heterocycles. The number of methoxy groups -OCH3 is 1. The van der Waals surface area contributed by atoms with Crippen molar-refractivity contribution in [1.29, 1.82) is 0 Å². The average Bonchev–Trinajstić information content (AvgIpc) is 3.18. The first-order valence-corrected chi connectivity index (χ1v) is 12.3. The van der Waals surface area contributed by atoms with Crippen LogP contribution >= 0.6 is 0 Å². The van der Waals surface area contributed by atoms with Crippen molar-refractivity contribution in [2.24, 2.45) is 0 Å². The summed E-state index contributed by atoms with van der Waals surface area (Å²) in [6, 6.07) is 13.4. The lowest BCUT2D eigenvalue weighted by Crippen LogP contribution is -2.23. The summed E-state index contributed by atoms with van der Waals surface area (Å²) < 4.78 is 28.2. The number of nitrogens with zero attached hydrogens (tertiary/aromatic N) is 2. The zero-order valence-corrected chi connectivity index (χ0v) is 21.9. The van der Waals surface area contributed by atoms with Gasteiger partial charge in [0.15, 0.2) is 0 Å². The molecule has 0 aliphatic carbocycles. The molecule has 2 aromatic carbocycles. The number of aryl methyl sites for hydroxylation is 1. The van der Waals surface area contributed by atoms with Gasteiger partial charge < -0.3 is 19.0 Å². The topological polar surface area (TPSA) is 86.2 Å². The Kier molecular flexibility index (Phi) is 7.59. The highest BCUT2D eigenvalue weighted by Gasteiger charge is 2.21. The number of H-pyrrole nitrogens is 1. The van der Waals surface area contributed by atoms with Gasteiger partial charge in [-0.05, 0) is 68.7 Å². The van der Waals surface area contributed by atoms with Crippen LogP contribution in [0.15, 0.2) is 53.3 Å². The third kappa shape index (κ3) is 5.97. The first kappa shape index (κ1) is 26.3. The SMILES string of the molecule is CCc1cc(Cc2nc3ccc(C(=O)OC(C)(C)C)cc3n2CCOC)c(F)cc1-c1cccc(=O)[nH]1. The summed E-state index contributed by atoms with van der Waals surface area (Å²) in [6.45, 7) is 8.38. The number of rotatable bonds is 8. The summed E-state index contributed by atoms with van der Waals surface area (Å²) in [5, 5.41) is 0. The number of benzene rings is 2. The molecule has 8 heteroatoms. The van der Waals surface area contributed by atoms with Gasteiger partial charge in [-0.3, -0.25) is 4.79 Å². The third-order valence-electron chi connectivity index (χ3n) is 6.04. The Balaban J connectivity index is 1.75. The molecule has 0 unspecified atom stereocenters. The molecule has 37 heavy (non-hydrogen) atoms. The number of fused-ring (bicyclic) bond motifs is 1. The molecule has 0 spiro atoms. The first-order chi connectivity index (χ1) is 17.6. The number of carbonyl (C=O) groups excluding carboxylic acids is 1. The lowest BCUT2D eigenvalue weighted by Gasteiger charge is -2.19. The number of hydrogen-bond donors (Lipinski definition) is 1. The number of imidazole rings is 1. The number of ether oxygens (including phenoxy) is 2. The van der Waals surface area contributed by atoms with Crippen molar-refractivity contribution in [2.75, 3.05) is 13.7 Å². The van der Waals surface area contributed by atoms with Crippen LogP contribution < -0.4 is 5.56 Å². The lowest BCUT2D eigenvalue weighted by atomic mass is 9.97. The van der Waals surface area contributed by atoms with Gasteiger partial charge in [-0.15, -0.1) is 0 Å². The number of pyridine rings is 1. The van der Waals surface area contributed by atoms with E-state index >= 15 is 4.39 Å². The smallest absolute Gasteiger partial charge is 0.338 e. The fraction of sp³-hybridized carbons (Fsp3) is 0.345. The summed E-state index contributed by atoms with van der Waals surface area (Å²) in [5.41, 5.74) is 3.70. The Bertz CT molecular complexity index is 1500. The van der Waals surface area contributed by atoms with Gasteiger partial charge in [0, 0.05) is 37.4 Å². The van der Waals surface area contributed by atoms with E-state index in [1.807, 2.05) is 38.3 Å². The average molecular weight is 506 g/mol. The van der Waals surface area contributed by atoms with Crippen LogP contribution in [-0.2, 0) is 28.9 Å².